The molecule has 0 atom stereocenters. The van der Waals surface area contributed by atoms with E-state index >= 15 is 0 Å². The van der Waals surface area contributed by atoms with Crippen molar-refractivity contribution in [1.82, 2.24) is 15.1 Å². The lowest BCUT2D eigenvalue weighted by Crippen LogP contribution is -2.15. The monoisotopic (exact) mass is 247 g/mol. The number of hydrogen-bond donors (Lipinski definition) is 1. The van der Waals surface area contributed by atoms with Gasteiger partial charge >= 0.3 is 0 Å². The van der Waals surface area contributed by atoms with Crippen molar-refractivity contribution in [2.45, 2.75) is 58.5 Å². The second-order valence-corrected chi connectivity index (χ2v) is 5.15. The molecule has 0 fully saturated rings. The lowest BCUT2D eigenvalue weighted by molar-refractivity contribution is 0.600. The Morgan fingerprint density at radius 1 is 1.39 bits per heavy atom. The van der Waals surface area contributed by atoms with E-state index in [0.29, 0.717) is 0 Å². The molecule has 0 saturated heterocycles. The van der Waals surface area contributed by atoms with Crippen LogP contribution in [0.4, 0.5) is 0 Å². The van der Waals surface area contributed by atoms with Crippen molar-refractivity contribution in [3.8, 4) is 0 Å². The Hall–Kier alpha value is -1.09. The van der Waals surface area contributed by atoms with E-state index in [4.69, 9.17) is 0 Å². The van der Waals surface area contributed by atoms with Crippen molar-refractivity contribution in [2.75, 3.05) is 6.54 Å². The van der Waals surface area contributed by atoms with E-state index in [-0.39, 0.29) is 0 Å². The van der Waals surface area contributed by atoms with Crippen molar-refractivity contribution in [2.24, 2.45) is 0 Å². The molecular formula is C15H25N3. The van der Waals surface area contributed by atoms with E-state index in [1.54, 1.807) is 5.57 Å². The maximum Gasteiger partial charge on any atom is 0.0534 e. The lowest BCUT2D eigenvalue weighted by Gasteiger charge is -2.12. The normalized spacial score (nSPS) is 15.7. The molecule has 18 heavy (non-hydrogen) atoms. The summed E-state index contributed by atoms with van der Waals surface area (Å²) in [4.78, 5) is 0. The molecule has 0 radical (unpaired) electrons. The number of aromatic nitrogens is 2. The van der Waals surface area contributed by atoms with Crippen LogP contribution in [0.2, 0.25) is 0 Å². The van der Waals surface area contributed by atoms with Gasteiger partial charge in [-0.15, -0.1) is 0 Å². The van der Waals surface area contributed by atoms with Crippen LogP contribution in [0.1, 0.15) is 51.0 Å². The average molecular weight is 247 g/mol. The zero-order valence-corrected chi connectivity index (χ0v) is 11.5. The molecule has 0 bridgehead atoms. The fraction of sp³-hybridized carbons (Fsp3) is 0.667. The van der Waals surface area contributed by atoms with E-state index in [1.165, 1.54) is 37.7 Å². The quantitative estimate of drug-likeness (QED) is 0.592. The third-order valence-corrected chi connectivity index (χ3v) is 3.48. The van der Waals surface area contributed by atoms with Gasteiger partial charge in [0, 0.05) is 24.8 Å². The molecule has 0 saturated carbocycles. The molecule has 0 aromatic carbocycles. The highest BCUT2D eigenvalue weighted by Crippen LogP contribution is 2.19. The van der Waals surface area contributed by atoms with Crippen LogP contribution in [-0.2, 0) is 13.1 Å². The molecule has 2 rings (SSSR count). The van der Waals surface area contributed by atoms with Gasteiger partial charge in [-0.05, 0) is 45.1 Å². The molecule has 100 valence electrons. The molecule has 3 nitrogen and oxygen atoms in total. The summed E-state index contributed by atoms with van der Waals surface area (Å²) in [5.41, 5.74) is 2.94. The summed E-state index contributed by atoms with van der Waals surface area (Å²) in [5.74, 6) is 0. The molecule has 1 aromatic rings. The van der Waals surface area contributed by atoms with E-state index < -0.39 is 0 Å². The van der Waals surface area contributed by atoms with Gasteiger partial charge in [0.05, 0.1) is 6.20 Å². The van der Waals surface area contributed by atoms with Crippen LogP contribution >= 0.6 is 0 Å². The van der Waals surface area contributed by atoms with E-state index in [0.717, 1.165) is 26.1 Å². The van der Waals surface area contributed by atoms with Crippen LogP contribution in [0.15, 0.2) is 24.0 Å². The second-order valence-electron chi connectivity index (χ2n) is 5.15. The minimum absolute atomic E-state index is 0.941. The van der Waals surface area contributed by atoms with Gasteiger partial charge in [-0.1, -0.05) is 18.6 Å². The molecule has 1 aliphatic rings. The fourth-order valence-electron chi connectivity index (χ4n) is 2.46. The second kappa shape index (κ2) is 7.37. The molecule has 0 spiro atoms. The Labute approximate surface area is 110 Å². The van der Waals surface area contributed by atoms with Gasteiger partial charge in [0.15, 0.2) is 0 Å². The number of nitrogens with zero attached hydrogens (tertiary/aromatic N) is 2. The van der Waals surface area contributed by atoms with Crippen LogP contribution in [0.5, 0.6) is 0 Å². The van der Waals surface area contributed by atoms with Crippen LogP contribution in [0.3, 0.4) is 0 Å². The summed E-state index contributed by atoms with van der Waals surface area (Å²) < 4.78 is 2.03. The minimum Gasteiger partial charge on any atom is -0.312 e. The predicted molar refractivity (Wildman–Crippen MR) is 75.4 cm³/mol. The molecule has 1 heterocycles. The third-order valence-electron chi connectivity index (χ3n) is 3.48. The molecule has 1 N–H and O–H groups in total. The SMILES string of the molecule is CCCn1cc(CNCCC2=CCCCC2)cn1. The van der Waals surface area contributed by atoms with Crippen LogP contribution in [0.25, 0.3) is 0 Å². The largest absolute Gasteiger partial charge is 0.312 e. The topological polar surface area (TPSA) is 29.9 Å². The summed E-state index contributed by atoms with van der Waals surface area (Å²) >= 11 is 0. The summed E-state index contributed by atoms with van der Waals surface area (Å²) in [6.07, 6.45) is 14.3. The van der Waals surface area contributed by atoms with Gasteiger partial charge in [-0.3, -0.25) is 4.68 Å². The van der Waals surface area contributed by atoms with Crippen molar-refractivity contribution in [1.29, 1.82) is 0 Å². The van der Waals surface area contributed by atoms with Gasteiger partial charge in [0.1, 0.15) is 0 Å². The first kappa shape index (κ1) is 13.3. The standard InChI is InChI=1S/C15H25N3/c1-2-10-18-13-15(12-17-18)11-16-9-8-14-6-4-3-5-7-14/h6,12-13,16H,2-5,7-11H2,1H3. The van der Waals surface area contributed by atoms with Gasteiger partial charge in [0.25, 0.3) is 0 Å². The Kier molecular flexibility index (Phi) is 5.46. The Morgan fingerprint density at radius 2 is 2.33 bits per heavy atom. The molecular weight excluding hydrogens is 222 g/mol. The summed E-state index contributed by atoms with van der Waals surface area (Å²) in [5, 5.41) is 7.85. The number of rotatable bonds is 7. The van der Waals surface area contributed by atoms with Crippen molar-refractivity contribution >= 4 is 0 Å². The Balaban J connectivity index is 1.63. The number of hydrogen-bond acceptors (Lipinski definition) is 2. The van der Waals surface area contributed by atoms with Gasteiger partial charge < -0.3 is 5.32 Å². The number of nitrogens with one attached hydrogen (secondary N) is 1. The Bertz CT molecular complexity index is 379. The molecule has 1 aromatic heterocycles. The molecule has 1 aliphatic carbocycles. The molecule has 0 unspecified atom stereocenters. The lowest BCUT2D eigenvalue weighted by atomic mass is 9.97. The summed E-state index contributed by atoms with van der Waals surface area (Å²) in [6.45, 7) is 5.23. The van der Waals surface area contributed by atoms with Crippen molar-refractivity contribution < 1.29 is 0 Å². The average Bonchev–Trinajstić information content (AvgIpc) is 2.84. The number of aryl methyl sites for hydroxylation is 1. The fourth-order valence-corrected chi connectivity index (χ4v) is 2.46. The minimum atomic E-state index is 0.941. The highest BCUT2D eigenvalue weighted by Gasteiger charge is 2.03. The van der Waals surface area contributed by atoms with Crippen LogP contribution < -0.4 is 5.32 Å². The van der Waals surface area contributed by atoms with Crippen LogP contribution in [-0.4, -0.2) is 16.3 Å². The first-order valence-electron chi connectivity index (χ1n) is 7.28. The van der Waals surface area contributed by atoms with E-state index in [1.807, 2.05) is 10.9 Å². The maximum atomic E-state index is 4.34. The molecule has 0 amide bonds. The van der Waals surface area contributed by atoms with Crippen LogP contribution in [0, 0.1) is 0 Å². The first-order chi connectivity index (χ1) is 8.88. The zero-order chi connectivity index (χ0) is 12.6. The van der Waals surface area contributed by atoms with Gasteiger partial charge in [0.2, 0.25) is 0 Å². The summed E-state index contributed by atoms with van der Waals surface area (Å²) in [6, 6.07) is 0. The van der Waals surface area contributed by atoms with Crippen molar-refractivity contribution in [3.05, 3.63) is 29.6 Å². The van der Waals surface area contributed by atoms with Gasteiger partial charge in [-0.25, -0.2) is 0 Å². The predicted octanol–water partition coefficient (Wildman–Crippen LogP) is 3.27. The van der Waals surface area contributed by atoms with E-state index in [2.05, 4.69) is 29.6 Å². The zero-order valence-electron chi connectivity index (χ0n) is 11.5. The van der Waals surface area contributed by atoms with E-state index in [9.17, 15) is 0 Å². The number of allylic oxidation sites excluding steroid dienone is 1. The Morgan fingerprint density at radius 3 is 3.11 bits per heavy atom. The third kappa shape index (κ3) is 4.30. The highest BCUT2D eigenvalue weighted by atomic mass is 15.3. The first-order valence-corrected chi connectivity index (χ1v) is 7.28. The van der Waals surface area contributed by atoms with Gasteiger partial charge in [-0.2, -0.15) is 5.10 Å². The summed E-state index contributed by atoms with van der Waals surface area (Å²) in [7, 11) is 0. The van der Waals surface area contributed by atoms with Crippen molar-refractivity contribution in [3.63, 3.8) is 0 Å². The molecule has 0 aliphatic heterocycles. The highest BCUT2D eigenvalue weighted by molar-refractivity contribution is 5.06. The maximum absolute atomic E-state index is 4.34. The smallest absolute Gasteiger partial charge is 0.0534 e. The molecule has 3 heteroatoms.